The van der Waals surface area contributed by atoms with E-state index in [0.717, 1.165) is 0 Å². The van der Waals surface area contributed by atoms with E-state index in [1.54, 1.807) is 0 Å². The molecule has 67 valence electrons. The second-order valence-corrected chi connectivity index (χ2v) is 2.68. The zero-order chi connectivity index (χ0) is 9.19. The van der Waals surface area contributed by atoms with Gasteiger partial charge >= 0.3 is 11.9 Å². The minimum absolute atomic E-state index is 0.0220. The van der Waals surface area contributed by atoms with E-state index in [1.807, 2.05) is 0 Å². The summed E-state index contributed by atoms with van der Waals surface area (Å²) in [7, 11) is 0. The quantitative estimate of drug-likeness (QED) is 0.579. The number of rotatable bonds is 2. The number of hydrogen-bond donors (Lipinski definition) is 2. The molecule has 0 aromatic heterocycles. The van der Waals surface area contributed by atoms with Gasteiger partial charge in [-0.05, 0) is 6.42 Å². The summed E-state index contributed by atoms with van der Waals surface area (Å²) in [5, 5.41) is 17.4. The van der Waals surface area contributed by atoms with Crippen LogP contribution in [0.25, 0.3) is 0 Å². The van der Waals surface area contributed by atoms with E-state index in [0.29, 0.717) is 0 Å². The van der Waals surface area contributed by atoms with Crippen molar-refractivity contribution in [3.63, 3.8) is 0 Å². The van der Waals surface area contributed by atoms with E-state index >= 15 is 0 Å². The highest BCUT2D eigenvalue weighted by Crippen LogP contribution is 2.32. The Morgan fingerprint density at radius 1 is 1.33 bits per heavy atom. The van der Waals surface area contributed by atoms with Crippen LogP contribution >= 0.6 is 0 Å². The first kappa shape index (κ1) is 8.99. The molecule has 1 rings (SSSR count). The Bertz CT molecular complexity index is 188. The zero-order valence-electron chi connectivity index (χ0n) is 6.32. The fourth-order valence-corrected chi connectivity index (χ4v) is 1.10. The highest BCUT2D eigenvalue weighted by molar-refractivity contribution is 5.98. The van der Waals surface area contributed by atoms with Gasteiger partial charge < -0.3 is 14.9 Å². The van der Waals surface area contributed by atoms with Crippen LogP contribution in [-0.2, 0) is 14.3 Å². The van der Waals surface area contributed by atoms with Crippen molar-refractivity contribution in [3.05, 3.63) is 6.61 Å². The smallest absolute Gasteiger partial charge is 0.321 e. The number of carboxylic acid groups (broad SMARTS) is 2. The Morgan fingerprint density at radius 3 is 2.17 bits per heavy atom. The molecule has 0 bridgehead atoms. The van der Waals surface area contributed by atoms with E-state index < -0.39 is 17.4 Å². The van der Waals surface area contributed by atoms with Gasteiger partial charge in [-0.1, -0.05) is 0 Å². The van der Waals surface area contributed by atoms with Gasteiger partial charge in [-0.2, -0.15) is 0 Å². The van der Waals surface area contributed by atoms with Crippen LogP contribution in [0.1, 0.15) is 12.8 Å². The number of ether oxygens (including phenoxy) is 1. The van der Waals surface area contributed by atoms with Crippen molar-refractivity contribution in [3.8, 4) is 0 Å². The first-order valence-electron chi connectivity index (χ1n) is 3.50. The minimum Gasteiger partial charge on any atom is -0.480 e. The number of hydrogen-bond acceptors (Lipinski definition) is 3. The second-order valence-electron chi connectivity index (χ2n) is 2.68. The van der Waals surface area contributed by atoms with Gasteiger partial charge in [0.25, 0.3) is 0 Å². The van der Waals surface area contributed by atoms with Gasteiger partial charge in [0, 0.05) is 13.0 Å². The molecule has 1 radical (unpaired) electrons. The van der Waals surface area contributed by atoms with Crippen LogP contribution in [0.2, 0.25) is 0 Å². The van der Waals surface area contributed by atoms with Gasteiger partial charge in [-0.3, -0.25) is 9.59 Å². The summed E-state index contributed by atoms with van der Waals surface area (Å²) in [6, 6.07) is 0. The topological polar surface area (TPSA) is 83.8 Å². The lowest BCUT2D eigenvalue weighted by molar-refractivity contribution is -0.169. The molecule has 12 heavy (non-hydrogen) atoms. The van der Waals surface area contributed by atoms with E-state index in [1.165, 1.54) is 6.61 Å². The average molecular weight is 173 g/mol. The molecule has 5 nitrogen and oxygen atoms in total. The largest absolute Gasteiger partial charge is 0.480 e. The Balaban J connectivity index is 2.84. The molecule has 2 N–H and O–H groups in total. The predicted molar refractivity (Wildman–Crippen MR) is 37.2 cm³/mol. The second kappa shape index (κ2) is 3.10. The molecule has 0 saturated carbocycles. The Labute approximate surface area is 68.9 Å². The average Bonchev–Trinajstić information content (AvgIpc) is 2.05. The Kier molecular flexibility index (Phi) is 2.32. The molecule has 5 heteroatoms. The first-order chi connectivity index (χ1) is 5.59. The lowest BCUT2D eigenvalue weighted by Gasteiger charge is -2.28. The summed E-state index contributed by atoms with van der Waals surface area (Å²) in [5.74, 6) is -2.59. The molecule has 0 spiro atoms. The van der Waals surface area contributed by atoms with E-state index in [-0.39, 0.29) is 19.4 Å². The molecular weight excluding hydrogens is 164 g/mol. The molecule has 1 aliphatic heterocycles. The summed E-state index contributed by atoms with van der Waals surface area (Å²) in [4.78, 5) is 21.3. The molecule has 0 amide bonds. The van der Waals surface area contributed by atoms with Crippen LogP contribution in [0.4, 0.5) is 0 Å². The molecule has 0 aliphatic carbocycles. The third-order valence-corrected chi connectivity index (χ3v) is 2.02. The lowest BCUT2D eigenvalue weighted by atomic mass is 9.80. The highest BCUT2D eigenvalue weighted by Gasteiger charge is 2.47. The van der Waals surface area contributed by atoms with Crippen LogP contribution in [0.15, 0.2) is 0 Å². The van der Waals surface area contributed by atoms with Crippen molar-refractivity contribution in [1.82, 2.24) is 0 Å². The number of aliphatic carboxylic acids is 2. The van der Waals surface area contributed by atoms with Crippen LogP contribution in [0, 0.1) is 12.0 Å². The minimum atomic E-state index is -1.67. The normalized spacial score (nSPS) is 21.7. The Morgan fingerprint density at radius 2 is 1.92 bits per heavy atom. The summed E-state index contributed by atoms with van der Waals surface area (Å²) < 4.78 is 4.77. The number of carbonyl (C=O) groups is 2. The maximum Gasteiger partial charge on any atom is 0.321 e. The maximum atomic E-state index is 10.7. The standard InChI is InChI=1S/C7H9O5/c8-5(9)7(6(10)11)1-3-12-4-2-7/h3H,1-2,4H2,(H,8,9)(H,10,11). The van der Waals surface area contributed by atoms with Gasteiger partial charge in [0.1, 0.15) is 0 Å². The van der Waals surface area contributed by atoms with Crippen LogP contribution < -0.4 is 0 Å². The molecule has 1 saturated heterocycles. The van der Waals surface area contributed by atoms with Gasteiger partial charge in [0.05, 0.1) is 6.61 Å². The third-order valence-electron chi connectivity index (χ3n) is 2.02. The molecule has 0 atom stereocenters. The van der Waals surface area contributed by atoms with Crippen LogP contribution in [0.5, 0.6) is 0 Å². The van der Waals surface area contributed by atoms with E-state index in [9.17, 15) is 9.59 Å². The van der Waals surface area contributed by atoms with E-state index in [4.69, 9.17) is 14.9 Å². The fourth-order valence-electron chi connectivity index (χ4n) is 1.10. The van der Waals surface area contributed by atoms with Crippen LogP contribution in [-0.4, -0.2) is 28.8 Å². The predicted octanol–water partition coefficient (Wildman–Crippen LogP) is 0.114. The van der Waals surface area contributed by atoms with Gasteiger partial charge in [-0.25, -0.2) is 0 Å². The molecular formula is C7H9O5. The monoisotopic (exact) mass is 173 g/mol. The summed E-state index contributed by atoms with van der Waals surface area (Å²) in [6.45, 7) is 1.39. The van der Waals surface area contributed by atoms with E-state index in [2.05, 4.69) is 0 Å². The summed E-state index contributed by atoms with van der Waals surface area (Å²) in [6.07, 6.45) is -0.0498. The molecule has 1 heterocycles. The number of carboxylic acids is 2. The molecule has 0 aromatic rings. The highest BCUT2D eigenvalue weighted by atomic mass is 16.5. The molecule has 1 fully saturated rings. The molecule has 1 aliphatic rings. The molecule has 0 aromatic carbocycles. The van der Waals surface area contributed by atoms with Gasteiger partial charge in [0.15, 0.2) is 5.41 Å². The lowest BCUT2D eigenvalue weighted by Crippen LogP contribution is -2.42. The summed E-state index contributed by atoms with van der Waals surface area (Å²) in [5.41, 5.74) is -1.67. The third kappa shape index (κ3) is 1.27. The van der Waals surface area contributed by atoms with Gasteiger partial charge in [-0.15, -0.1) is 0 Å². The molecule has 0 unspecified atom stereocenters. The van der Waals surface area contributed by atoms with Crippen molar-refractivity contribution in [2.75, 3.05) is 6.61 Å². The van der Waals surface area contributed by atoms with Crippen molar-refractivity contribution in [1.29, 1.82) is 0 Å². The van der Waals surface area contributed by atoms with Crippen molar-refractivity contribution in [2.24, 2.45) is 5.41 Å². The SMILES string of the molecule is O=C(O)C1(C(=O)O)C[CH]OCC1. The Hall–Kier alpha value is -1.10. The van der Waals surface area contributed by atoms with Crippen molar-refractivity contribution < 1.29 is 24.5 Å². The fraction of sp³-hybridized carbons (Fsp3) is 0.571. The zero-order valence-corrected chi connectivity index (χ0v) is 6.32. The first-order valence-corrected chi connectivity index (χ1v) is 3.50. The van der Waals surface area contributed by atoms with Crippen LogP contribution in [0.3, 0.4) is 0 Å². The van der Waals surface area contributed by atoms with Crippen molar-refractivity contribution in [2.45, 2.75) is 12.8 Å². The maximum absolute atomic E-state index is 10.7. The van der Waals surface area contributed by atoms with Crippen molar-refractivity contribution >= 4 is 11.9 Å². The summed E-state index contributed by atoms with van der Waals surface area (Å²) >= 11 is 0. The van der Waals surface area contributed by atoms with Gasteiger partial charge in [0.2, 0.25) is 0 Å².